The van der Waals surface area contributed by atoms with E-state index in [1.165, 1.54) is 68.2 Å². The van der Waals surface area contributed by atoms with E-state index in [4.69, 9.17) is 0 Å². The summed E-state index contributed by atoms with van der Waals surface area (Å²) in [7, 11) is 0. The van der Waals surface area contributed by atoms with Gasteiger partial charge in [-0.3, -0.25) is 4.68 Å². The number of aryl methyl sites for hydroxylation is 1. The highest BCUT2D eigenvalue weighted by molar-refractivity contribution is 5.57. The number of aliphatic hydroxyl groups is 1. The van der Waals surface area contributed by atoms with Crippen molar-refractivity contribution < 1.29 is 5.11 Å². The Labute approximate surface area is 177 Å². The maximum Gasteiger partial charge on any atom is 0.0809 e. The lowest BCUT2D eigenvalue weighted by molar-refractivity contribution is -0.119. The van der Waals surface area contributed by atoms with Crippen molar-refractivity contribution in [3.05, 3.63) is 23.0 Å². The highest BCUT2D eigenvalue weighted by Gasteiger charge is 2.60. The van der Waals surface area contributed by atoms with Gasteiger partial charge in [0, 0.05) is 23.2 Å². The molecule has 4 fully saturated rings. The minimum atomic E-state index is -0.283. The van der Waals surface area contributed by atoms with Crippen LogP contribution >= 0.6 is 0 Å². The van der Waals surface area contributed by atoms with Crippen molar-refractivity contribution in [1.82, 2.24) is 9.78 Å². The Morgan fingerprint density at radius 1 is 1.10 bits per heavy atom. The van der Waals surface area contributed by atoms with Crippen LogP contribution < -0.4 is 0 Å². The number of rotatable bonds is 2. The van der Waals surface area contributed by atoms with Crippen LogP contribution in [0.4, 0.5) is 0 Å². The smallest absolute Gasteiger partial charge is 0.0809 e. The van der Waals surface area contributed by atoms with Gasteiger partial charge in [0.1, 0.15) is 0 Å². The number of hydrogen-bond donors (Lipinski definition) is 1. The average Bonchev–Trinajstić information content (AvgIpc) is 3.19. The number of fused-ring (bicyclic) bond motifs is 5. The molecule has 0 bridgehead atoms. The maximum absolute atomic E-state index is 11.5. The second kappa shape index (κ2) is 6.97. The Kier molecular flexibility index (Phi) is 4.77. The van der Waals surface area contributed by atoms with Crippen molar-refractivity contribution in [3.63, 3.8) is 0 Å². The molecule has 1 aromatic heterocycles. The lowest BCUT2D eigenvalue weighted by Crippen LogP contribution is -2.53. The first kappa shape index (κ1) is 19.8. The third-order valence-corrected chi connectivity index (χ3v) is 10.2. The van der Waals surface area contributed by atoms with Crippen LogP contribution in [0.5, 0.6) is 0 Å². The fraction of sp³-hybridized carbons (Fsp3) is 0.808. The number of aromatic nitrogens is 2. The predicted molar refractivity (Wildman–Crippen MR) is 118 cm³/mol. The standard InChI is InChI=1S/C26H40N2O/c1-5-28-17(2)19(16-27-28)14-18-15-23-21-10-9-20-8-6-7-12-25(20,3)22(21)11-13-26(23,4)24(18)29/h14,16,20-24,29H,5-13,15H2,1-4H3/b18-14-/t20-,21+,22+,23+,24+,25-,26-/m0/s1. The van der Waals surface area contributed by atoms with Crippen molar-refractivity contribution in [3.8, 4) is 0 Å². The van der Waals surface area contributed by atoms with Crippen LogP contribution in [0.3, 0.4) is 0 Å². The monoisotopic (exact) mass is 396 g/mol. The van der Waals surface area contributed by atoms with Gasteiger partial charge in [0.25, 0.3) is 0 Å². The Hall–Kier alpha value is -1.09. The summed E-state index contributed by atoms with van der Waals surface area (Å²) in [5.41, 5.74) is 4.33. The third-order valence-electron chi connectivity index (χ3n) is 10.2. The molecule has 0 radical (unpaired) electrons. The Morgan fingerprint density at radius 2 is 1.93 bits per heavy atom. The SMILES string of the molecule is CCn1ncc(/C=C2/C[C@@H]3[C@@H]4CC[C@@H]5CCCC[C@]5(C)[C@@H]4CC[C@]3(C)[C@@H]2O)c1C. The number of nitrogens with zero attached hydrogens (tertiary/aromatic N) is 2. The van der Waals surface area contributed by atoms with E-state index in [-0.39, 0.29) is 11.5 Å². The highest BCUT2D eigenvalue weighted by atomic mass is 16.3. The molecular weight excluding hydrogens is 356 g/mol. The average molecular weight is 397 g/mol. The van der Waals surface area contributed by atoms with E-state index in [1.54, 1.807) is 0 Å². The zero-order valence-corrected chi connectivity index (χ0v) is 19.0. The van der Waals surface area contributed by atoms with Crippen LogP contribution in [-0.2, 0) is 6.54 Å². The van der Waals surface area contributed by atoms with Gasteiger partial charge in [-0.15, -0.1) is 0 Å². The van der Waals surface area contributed by atoms with Gasteiger partial charge >= 0.3 is 0 Å². The molecule has 160 valence electrons. The lowest BCUT2D eigenvalue weighted by atomic mass is 9.45. The molecule has 3 nitrogen and oxygen atoms in total. The second-order valence-corrected chi connectivity index (χ2v) is 11.3. The normalized spacial score (nSPS) is 45.7. The molecule has 0 aliphatic heterocycles. The summed E-state index contributed by atoms with van der Waals surface area (Å²) in [6.45, 7) is 10.2. The summed E-state index contributed by atoms with van der Waals surface area (Å²) in [6.07, 6.45) is 16.3. The van der Waals surface area contributed by atoms with E-state index in [1.807, 2.05) is 6.20 Å². The zero-order valence-electron chi connectivity index (χ0n) is 19.0. The molecule has 29 heavy (non-hydrogen) atoms. The van der Waals surface area contributed by atoms with Gasteiger partial charge in [-0.05, 0) is 99.5 Å². The van der Waals surface area contributed by atoms with Crippen LogP contribution in [0.15, 0.2) is 11.8 Å². The third kappa shape index (κ3) is 2.82. The minimum absolute atomic E-state index is 0.0690. The summed E-state index contributed by atoms with van der Waals surface area (Å²) in [6, 6.07) is 0. The molecule has 5 rings (SSSR count). The van der Waals surface area contributed by atoms with E-state index >= 15 is 0 Å². The second-order valence-electron chi connectivity index (χ2n) is 11.3. The molecule has 1 heterocycles. The quantitative estimate of drug-likeness (QED) is 0.666. The summed E-state index contributed by atoms with van der Waals surface area (Å²) in [5, 5.41) is 16.0. The largest absolute Gasteiger partial charge is 0.388 e. The summed E-state index contributed by atoms with van der Waals surface area (Å²) in [5.74, 6) is 3.32. The van der Waals surface area contributed by atoms with E-state index in [0.29, 0.717) is 11.3 Å². The van der Waals surface area contributed by atoms with Crippen molar-refractivity contribution in [2.75, 3.05) is 0 Å². The highest BCUT2D eigenvalue weighted by Crippen LogP contribution is 2.67. The van der Waals surface area contributed by atoms with Crippen LogP contribution in [-0.4, -0.2) is 21.0 Å². The van der Waals surface area contributed by atoms with E-state index in [9.17, 15) is 5.11 Å². The van der Waals surface area contributed by atoms with Crippen molar-refractivity contribution in [2.24, 2.45) is 34.5 Å². The van der Waals surface area contributed by atoms with Gasteiger partial charge in [-0.2, -0.15) is 5.10 Å². The van der Waals surface area contributed by atoms with Crippen molar-refractivity contribution in [2.45, 2.75) is 98.1 Å². The van der Waals surface area contributed by atoms with Crippen LogP contribution in [0.25, 0.3) is 6.08 Å². The molecule has 4 aliphatic rings. The molecule has 1 N–H and O–H groups in total. The molecule has 0 spiro atoms. The maximum atomic E-state index is 11.5. The van der Waals surface area contributed by atoms with Crippen LogP contribution in [0, 0.1) is 41.4 Å². The Bertz CT molecular complexity index is 810. The molecule has 4 aliphatic carbocycles. The van der Waals surface area contributed by atoms with E-state index < -0.39 is 0 Å². The van der Waals surface area contributed by atoms with Gasteiger partial charge in [0.15, 0.2) is 0 Å². The van der Waals surface area contributed by atoms with Crippen LogP contribution in [0.2, 0.25) is 0 Å². The van der Waals surface area contributed by atoms with Gasteiger partial charge in [0.05, 0.1) is 12.3 Å². The summed E-state index contributed by atoms with van der Waals surface area (Å²) >= 11 is 0. The van der Waals surface area contributed by atoms with Gasteiger partial charge < -0.3 is 5.11 Å². The molecule has 3 heteroatoms. The van der Waals surface area contributed by atoms with Gasteiger partial charge in [0.2, 0.25) is 0 Å². The first-order valence-corrected chi connectivity index (χ1v) is 12.3. The topological polar surface area (TPSA) is 38.0 Å². The molecule has 0 aromatic carbocycles. The molecule has 4 saturated carbocycles. The molecule has 7 atom stereocenters. The Morgan fingerprint density at radius 3 is 2.69 bits per heavy atom. The Balaban J connectivity index is 1.45. The zero-order chi connectivity index (χ0) is 20.4. The lowest BCUT2D eigenvalue weighted by Gasteiger charge is -2.60. The molecule has 0 unspecified atom stereocenters. The fourth-order valence-corrected chi connectivity index (χ4v) is 8.42. The first-order valence-electron chi connectivity index (χ1n) is 12.3. The summed E-state index contributed by atoms with van der Waals surface area (Å²) in [4.78, 5) is 0. The molecule has 1 aromatic rings. The molecule has 0 saturated heterocycles. The van der Waals surface area contributed by atoms with E-state index in [2.05, 4.69) is 43.6 Å². The first-order chi connectivity index (χ1) is 13.9. The predicted octanol–water partition coefficient (Wildman–Crippen LogP) is 6.00. The summed E-state index contributed by atoms with van der Waals surface area (Å²) < 4.78 is 2.06. The minimum Gasteiger partial charge on any atom is -0.388 e. The van der Waals surface area contributed by atoms with E-state index in [0.717, 1.165) is 30.7 Å². The molecule has 0 amide bonds. The van der Waals surface area contributed by atoms with Gasteiger partial charge in [-0.25, -0.2) is 0 Å². The molecular formula is C26H40N2O. The van der Waals surface area contributed by atoms with Gasteiger partial charge in [-0.1, -0.05) is 26.7 Å². The van der Waals surface area contributed by atoms with Crippen molar-refractivity contribution >= 4 is 6.08 Å². The van der Waals surface area contributed by atoms with Crippen LogP contribution in [0.1, 0.15) is 89.8 Å². The van der Waals surface area contributed by atoms with Crippen molar-refractivity contribution in [1.29, 1.82) is 0 Å². The fourth-order valence-electron chi connectivity index (χ4n) is 8.42. The number of hydrogen-bond acceptors (Lipinski definition) is 2. The number of aliphatic hydroxyl groups excluding tert-OH is 1.